The van der Waals surface area contributed by atoms with Crippen LogP contribution < -0.4 is 4.74 Å². The minimum atomic E-state index is 0.0630. The van der Waals surface area contributed by atoms with Gasteiger partial charge in [-0.05, 0) is 76.9 Å². The molecular weight excluding hydrogens is 528 g/mol. The van der Waals surface area contributed by atoms with Gasteiger partial charge in [-0.25, -0.2) is 4.98 Å². The summed E-state index contributed by atoms with van der Waals surface area (Å²) in [6.07, 6.45) is 12.5. The molecule has 2 unspecified atom stereocenters. The zero-order valence-electron chi connectivity index (χ0n) is 23.2. The van der Waals surface area contributed by atoms with Crippen LogP contribution in [0.1, 0.15) is 11.5 Å². The average Bonchev–Trinajstić information content (AvgIpc) is 3.80. The van der Waals surface area contributed by atoms with E-state index in [1.165, 1.54) is 5.56 Å². The second-order valence-electron chi connectivity index (χ2n) is 11.2. The predicted molar refractivity (Wildman–Crippen MR) is 173 cm³/mol. The molecule has 3 heterocycles. The fourth-order valence-electron chi connectivity index (χ4n) is 6.52. The third-order valence-electron chi connectivity index (χ3n) is 8.63. The van der Waals surface area contributed by atoms with Crippen molar-refractivity contribution in [3.8, 4) is 45.1 Å². The number of aromatic nitrogens is 2. The smallest absolute Gasteiger partial charge is 0.144 e. The molecular formula is C39H26N2O2. The number of imidazole rings is 1. The lowest BCUT2D eigenvalue weighted by Gasteiger charge is -2.15. The van der Waals surface area contributed by atoms with Gasteiger partial charge in [-0.1, -0.05) is 78.9 Å². The van der Waals surface area contributed by atoms with E-state index < -0.39 is 0 Å². The lowest BCUT2D eigenvalue weighted by molar-refractivity contribution is 0.269. The molecule has 204 valence electrons. The molecule has 0 fully saturated rings. The van der Waals surface area contributed by atoms with Gasteiger partial charge in [0.15, 0.2) is 0 Å². The number of rotatable bonds is 4. The van der Waals surface area contributed by atoms with Crippen LogP contribution in [-0.2, 0) is 0 Å². The second kappa shape index (κ2) is 9.47. The zero-order chi connectivity index (χ0) is 28.3. The van der Waals surface area contributed by atoms with E-state index in [1.807, 2.05) is 30.6 Å². The first-order chi connectivity index (χ1) is 21.3. The van der Waals surface area contributed by atoms with Crippen molar-refractivity contribution in [2.24, 2.45) is 0 Å². The maximum absolute atomic E-state index is 6.25. The van der Waals surface area contributed by atoms with Gasteiger partial charge in [-0.15, -0.1) is 0 Å². The SMILES string of the molecule is C1=CC2Oc3ccc(-c4cc(-c5ccc6oc7ccccc7c6c5)cc(-n5ccnc5-c5ccccc5)c4)cc3C2C=C1. The molecule has 1 aliphatic carbocycles. The largest absolute Gasteiger partial charge is 0.485 e. The molecule has 0 bridgehead atoms. The Kier molecular flexibility index (Phi) is 5.29. The molecule has 4 nitrogen and oxygen atoms in total. The van der Waals surface area contributed by atoms with Crippen LogP contribution in [0.3, 0.4) is 0 Å². The quantitative estimate of drug-likeness (QED) is 0.217. The van der Waals surface area contributed by atoms with Crippen molar-refractivity contribution in [1.29, 1.82) is 0 Å². The summed E-state index contributed by atoms with van der Waals surface area (Å²) in [5.41, 5.74) is 9.71. The third-order valence-corrected chi connectivity index (χ3v) is 8.63. The molecule has 0 saturated heterocycles. The van der Waals surface area contributed by atoms with Crippen LogP contribution in [0.2, 0.25) is 0 Å². The van der Waals surface area contributed by atoms with Crippen molar-refractivity contribution >= 4 is 21.9 Å². The third kappa shape index (κ3) is 3.95. The van der Waals surface area contributed by atoms with Gasteiger partial charge in [0, 0.05) is 45.9 Å². The van der Waals surface area contributed by atoms with Gasteiger partial charge in [0.1, 0.15) is 28.8 Å². The van der Waals surface area contributed by atoms with E-state index in [0.29, 0.717) is 0 Å². The number of benzene rings is 5. The Balaban J connectivity index is 1.24. The highest BCUT2D eigenvalue weighted by atomic mass is 16.5. The maximum Gasteiger partial charge on any atom is 0.144 e. The van der Waals surface area contributed by atoms with Crippen LogP contribution in [0, 0.1) is 0 Å². The van der Waals surface area contributed by atoms with Crippen LogP contribution in [-0.4, -0.2) is 15.7 Å². The van der Waals surface area contributed by atoms with Gasteiger partial charge in [0.2, 0.25) is 0 Å². The summed E-state index contributed by atoms with van der Waals surface area (Å²) in [4.78, 5) is 4.75. The molecule has 0 spiro atoms. The van der Waals surface area contributed by atoms with Crippen LogP contribution in [0.5, 0.6) is 5.75 Å². The Hall–Kier alpha value is -5.61. The summed E-state index contributed by atoms with van der Waals surface area (Å²) >= 11 is 0. The molecule has 4 heteroatoms. The van der Waals surface area contributed by atoms with Gasteiger partial charge < -0.3 is 9.15 Å². The molecule has 0 radical (unpaired) electrons. The van der Waals surface area contributed by atoms with Crippen molar-refractivity contribution in [2.75, 3.05) is 0 Å². The van der Waals surface area contributed by atoms with Crippen molar-refractivity contribution in [1.82, 2.24) is 9.55 Å². The standard InChI is InChI=1S/C39H26N2O2/c1-2-8-25(9-3-1)39-40-18-19-41(39)30-21-28(26-14-16-37-33(23-26)31-10-4-6-12-35(31)42-37)20-29(22-30)27-15-17-38-34(24-27)32-11-5-7-13-36(32)43-38/h1-24,31,35H. The Morgan fingerprint density at radius 3 is 2.28 bits per heavy atom. The molecule has 0 amide bonds. The minimum absolute atomic E-state index is 0.0630. The molecule has 5 aromatic carbocycles. The molecule has 43 heavy (non-hydrogen) atoms. The molecule has 0 saturated carbocycles. The van der Waals surface area contributed by atoms with Gasteiger partial charge in [-0.3, -0.25) is 4.57 Å². The number of para-hydroxylation sites is 1. The Labute approximate surface area is 248 Å². The molecule has 1 aliphatic heterocycles. The van der Waals surface area contributed by atoms with E-state index in [0.717, 1.165) is 67.0 Å². The average molecular weight is 555 g/mol. The van der Waals surface area contributed by atoms with Gasteiger partial charge in [-0.2, -0.15) is 0 Å². The number of furan rings is 1. The number of hydrogen-bond acceptors (Lipinski definition) is 3. The van der Waals surface area contributed by atoms with E-state index in [1.54, 1.807) is 0 Å². The fraction of sp³-hybridized carbons (Fsp3) is 0.0513. The normalized spacial score (nSPS) is 16.8. The summed E-state index contributed by atoms with van der Waals surface area (Å²) < 4.78 is 14.6. The molecule has 2 aromatic heterocycles. The molecule has 2 atom stereocenters. The van der Waals surface area contributed by atoms with Crippen molar-refractivity contribution in [2.45, 2.75) is 12.0 Å². The fourth-order valence-corrected chi connectivity index (χ4v) is 6.52. The summed E-state index contributed by atoms with van der Waals surface area (Å²) in [7, 11) is 0. The molecule has 7 aromatic rings. The number of allylic oxidation sites excluding steroid dienone is 2. The van der Waals surface area contributed by atoms with E-state index in [4.69, 9.17) is 14.1 Å². The lowest BCUT2D eigenvalue weighted by Crippen LogP contribution is -2.15. The van der Waals surface area contributed by atoms with Gasteiger partial charge in [0.05, 0.1) is 0 Å². The number of ether oxygens (including phenoxy) is 1. The van der Waals surface area contributed by atoms with E-state index in [9.17, 15) is 0 Å². The Morgan fingerprint density at radius 1 is 0.605 bits per heavy atom. The highest BCUT2D eigenvalue weighted by Crippen LogP contribution is 2.44. The van der Waals surface area contributed by atoms with Crippen molar-refractivity contribution in [3.05, 3.63) is 151 Å². The zero-order valence-corrected chi connectivity index (χ0v) is 23.2. The number of fused-ring (bicyclic) bond motifs is 6. The number of nitrogens with zero attached hydrogens (tertiary/aromatic N) is 2. The maximum atomic E-state index is 6.25. The van der Waals surface area contributed by atoms with Crippen LogP contribution in [0.15, 0.2) is 150 Å². The van der Waals surface area contributed by atoms with Gasteiger partial charge in [0.25, 0.3) is 0 Å². The molecule has 0 N–H and O–H groups in total. The minimum Gasteiger partial charge on any atom is -0.485 e. The lowest BCUT2D eigenvalue weighted by atomic mass is 9.89. The van der Waals surface area contributed by atoms with Gasteiger partial charge >= 0.3 is 0 Å². The van der Waals surface area contributed by atoms with Crippen LogP contribution in [0.4, 0.5) is 0 Å². The predicted octanol–water partition coefficient (Wildman–Crippen LogP) is 9.74. The first-order valence-electron chi connectivity index (χ1n) is 14.6. The topological polar surface area (TPSA) is 40.2 Å². The molecule has 9 rings (SSSR count). The van der Waals surface area contributed by atoms with Crippen molar-refractivity contribution in [3.63, 3.8) is 0 Å². The first kappa shape index (κ1) is 24.0. The van der Waals surface area contributed by atoms with Crippen LogP contribution >= 0.6 is 0 Å². The second-order valence-corrected chi connectivity index (χ2v) is 11.2. The number of hydrogen-bond donors (Lipinski definition) is 0. The monoisotopic (exact) mass is 554 g/mol. The van der Waals surface area contributed by atoms with E-state index in [2.05, 4.69) is 120 Å². The highest BCUT2D eigenvalue weighted by molar-refractivity contribution is 6.06. The summed E-state index contributed by atoms with van der Waals surface area (Å²) in [6, 6.07) is 38.4. The van der Waals surface area contributed by atoms with Crippen molar-refractivity contribution < 1.29 is 9.15 Å². The summed E-state index contributed by atoms with van der Waals surface area (Å²) in [6.45, 7) is 0. The Morgan fingerprint density at radius 2 is 1.37 bits per heavy atom. The molecule has 2 aliphatic rings. The Bertz CT molecular complexity index is 2240. The van der Waals surface area contributed by atoms with E-state index in [-0.39, 0.29) is 12.0 Å². The first-order valence-corrected chi connectivity index (χ1v) is 14.6. The van der Waals surface area contributed by atoms with Crippen LogP contribution in [0.25, 0.3) is 61.3 Å². The summed E-state index contributed by atoms with van der Waals surface area (Å²) in [5, 5.41) is 2.24. The van der Waals surface area contributed by atoms with E-state index >= 15 is 0 Å². The summed E-state index contributed by atoms with van der Waals surface area (Å²) in [5.74, 6) is 2.10. The highest BCUT2D eigenvalue weighted by Gasteiger charge is 2.32.